The third-order valence-electron chi connectivity index (χ3n) is 4.31. The molecule has 2 heterocycles. The van der Waals surface area contributed by atoms with Gasteiger partial charge in [0.1, 0.15) is 5.82 Å². The summed E-state index contributed by atoms with van der Waals surface area (Å²) < 4.78 is 0. The lowest BCUT2D eigenvalue weighted by molar-refractivity contribution is -0.122. The number of carbonyl (C=O) groups is 1. The summed E-state index contributed by atoms with van der Waals surface area (Å²) in [5.41, 5.74) is 6.46. The number of halogens is 1. The molecule has 0 bridgehead atoms. The number of anilines is 1. The van der Waals surface area contributed by atoms with Crippen molar-refractivity contribution in [2.75, 3.05) is 24.5 Å². The summed E-state index contributed by atoms with van der Waals surface area (Å²) in [5, 5.41) is 6.68. The summed E-state index contributed by atoms with van der Waals surface area (Å²) in [6, 6.07) is 4.00. The molecular formula is C19H33IN6O. The highest BCUT2D eigenvalue weighted by Gasteiger charge is 2.25. The number of nitrogens with zero attached hydrogens (tertiary/aromatic N) is 3. The van der Waals surface area contributed by atoms with E-state index in [4.69, 9.17) is 10.7 Å². The van der Waals surface area contributed by atoms with E-state index in [9.17, 15) is 4.79 Å². The smallest absolute Gasteiger partial charge is 0.220 e. The second kappa shape index (κ2) is 10.7. The lowest BCUT2D eigenvalue weighted by Gasteiger charge is -2.32. The van der Waals surface area contributed by atoms with Gasteiger partial charge in [0.15, 0.2) is 5.96 Å². The molecule has 2 rings (SSSR count). The number of rotatable bonds is 5. The molecule has 7 nitrogen and oxygen atoms in total. The Morgan fingerprint density at radius 3 is 2.59 bits per heavy atom. The van der Waals surface area contributed by atoms with Gasteiger partial charge in [0.2, 0.25) is 5.91 Å². The Balaban J connectivity index is 0.00000364. The number of aliphatic imine (C=N–C) groups is 1. The molecule has 0 aliphatic carbocycles. The topological polar surface area (TPSA) is 95.6 Å². The number of nitrogens with two attached hydrogens (primary N) is 1. The Bertz CT molecular complexity index is 635. The Labute approximate surface area is 179 Å². The maximum atomic E-state index is 11.4. The first-order chi connectivity index (χ1) is 12.3. The highest BCUT2D eigenvalue weighted by molar-refractivity contribution is 14.0. The van der Waals surface area contributed by atoms with Crippen LogP contribution in [-0.2, 0) is 11.3 Å². The molecule has 0 radical (unpaired) electrons. The highest BCUT2D eigenvalue weighted by atomic mass is 127. The van der Waals surface area contributed by atoms with E-state index in [2.05, 4.69) is 54.3 Å². The molecule has 8 heteroatoms. The average Bonchev–Trinajstić information content (AvgIpc) is 2.59. The first-order valence-corrected chi connectivity index (χ1v) is 9.35. The van der Waals surface area contributed by atoms with Crippen molar-refractivity contribution in [1.29, 1.82) is 0 Å². The minimum Gasteiger partial charge on any atom is -0.369 e. The van der Waals surface area contributed by atoms with Crippen LogP contribution in [0.15, 0.2) is 23.3 Å². The molecular weight excluding hydrogens is 455 g/mol. The lowest BCUT2D eigenvalue weighted by Crippen LogP contribution is -2.47. The molecule has 1 aromatic heterocycles. The number of guanidine groups is 1. The van der Waals surface area contributed by atoms with Crippen molar-refractivity contribution >= 4 is 41.7 Å². The predicted molar refractivity (Wildman–Crippen MR) is 121 cm³/mol. The number of piperidine rings is 1. The number of primary amides is 1. The summed E-state index contributed by atoms with van der Waals surface area (Å²) in [6.07, 6.45) is 3.37. The van der Waals surface area contributed by atoms with Crippen LogP contribution in [0.5, 0.6) is 0 Å². The van der Waals surface area contributed by atoms with Crippen LogP contribution >= 0.6 is 24.0 Å². The molecule has 0 atom stereocenters. The molecule has 27 heavy (non-hydrogen) atoms. The monoisotopic (exact) mass is 488 g/mol. The van der Waals surface area contributed by atoms with Crippen LogP contribution in [0.2, 0.25) is 0 Å². The first kappa shape index (κ1) is 23.5. The van der Waals surface area contributed by atoms with Gasteiger partial charge in [0, 0.05) is 42.9 Å². The fourth-order valence-electron chi connectivity index (χ4n) is 3.04. The Kier molecular flexibility index (Phi) is 9.28. The van der Waals surface area contributed by atoms with E-state index < -0.39 is 0 Å². The highest BCUT2D eigenvalue weighted by Crippen LogP contribution is 2.24. The molecule has 1 aliphatic rings. The molecule has 1 fully saturated rings. The van der Waals surface area contributed by atoms with Crippen molar-refractivity contribution in [3.05, 3.63) is 23.9 Å². The SMILES string of the molecule is CCNC(=NCc1cccnc1N1CCC(C(N)=O)CC1)NC(C)(C)C.I. The molecule has 1 aliphatic heterocycles. The fraction of sp³-hybridized carbons (Fsp3) is 0.632. The van der Waals surface area contributed by atoms with Gasteiger partial charge in [-0.3, -0.25) is 4.79 Å². The number of hydrogen-bond acceptors (Lipinski definition) is 4. The van der Waals surface area contributed by atoms with Gasteiger partial charge >= 0.3 is 0 Å². The van der Waals surface area contributed by atoms with Crippen LogP contribution in [0.3, 0.4) is 0 Å². The molecule has 1 amide bonds. The largest absolute Gasteiger partial charge is 0.369 e. The number of nitrogens with one attached hydrogen (secondary N) is 2. The van der Waals surface area contributed by atoms with E-state index in [1.165, 1.54) is 0 Å². The summed E-state index contributed by atoms with van der Waals surface area (Å²) in [5.74, 6) is 1.53. The second-order valence-electron chi connectivity index (χ2n) is 7.72. The molecule has 4 N–H and O–H groups in total. The van der Waals surface area contributed by atoms with Crippen molar-refractivity contribution in [1.82, 2.24) is 15.6 Å². The van der Waals surface area contributed by atoms with E-state index in [0.717, 1.165) is 49.8 Å². The molecule has 1 saturated heterocycles. The zero-order chi connectivity index (χ0) is 19.2. The van der Waals surface area contributed by atoms with Crippen LogP contribution in [0.4, 0.5) is 5.82 Å². The van der Waals surface area contributed by atoms with Gasteiger partial charge in [-0.2, -0.15) is 0 Å². The van der Waals surface area contributed by atoms with E-state index in [0.29, 0.717) is 6.54 Å². The van der Waals surface area contributed by atoms with Gasteiger partial charge in [0.25, 0.3) is 0 Å². The average molecular weight is 488 g/mol. The normalized spacial score (nSPS) is 15.9. The van der Waals surface area contributed by atoms with Crippen LogP contribution in [0.1, 0.15) is 46.1 Å². The van der Waals surface area contributed by atoms with E-state index in [1.807, 2.05) is 6.07 Å². The zero-order valence-electron chi connectivity index (χ0n) is 16.8. The number of amides is 1. The fourth-order valence-corrected chi connectivity index (χ4v) is 3.04. The zero-order valence-corrected chi connectivity index (χ0v) is 19.1. The third kappa shape index (κ3) is 7.51. The standard InChI is InChI=1S/C19H32N6O.HI/c1-5-21-18(24-19(2,3)4)23-13-15-7-6-10-22-17(15)25-11-8-14(9-12-25)16(20)26;/h6-7,10,14H,5,8-9,11-13H2,1-4H3,(H2,20,26)(H2,21,23,24);1H. The quantitative estimate of drug-likeness (QED) is 0.336. The van der Waals surface area contributed by atoms with Crippen molar-refractivity contribution in [3.8, 4) is 0 Å². The summed E-state index contributed by atoms with van der Waals surface area (Å²) in [4.78, 5) is 22.9. The molecule has 1 aromatic rings. The van der Waals surface area contributed by atoms with Crippen molar-refractivity contribution in [2.45, 2.75) is 52.6 Å². The van der Waals surface area contributed by atoms with Crippen molar-refractivity contribution in [2.24, 2.45) is 16.6 Å². The minimum atomic E-state index is -0.195. The van der Waals surface area contributed by atoms with Gasteiger partial charge < -0.3 is 21.3 Å². The van der Waals surface area contributed by atoms with Crippen LogP contribution in [0, 0.1) is 5.92 Å². The minimum absolute atomic E-state index is 0. The maximum Gasteiger partial charge on any atom is 0.220 e. The number of hydrogen-bond donors (Lipinski definition) is 3. The van der Waals surface area contributed by atoms with Crippen molar-refractivity contribution < 1.29 is 4.79 Å². The summed E-state index contributed by atoms with van der Waals surface area (Å²) in [6.45, 7) is 11.3. The lowest BCUT2D eigenvalue weighted by atomic mass is 9.96. The molecule has 0 saturated carbocycles. The predicted octanol–water partition coefficient (Wildman–Crippen LogP) is 2.25. The maximum absolute atomic E-state index is 11.4. The Morgan fingerprint density at radius 2 is 2.04 bits per heavy atom. The molecule has 0 unspecified atom stereocenters. The molecule has 152 valence electrons. The second-order valence-corrected chi connectivity index (χ2v) is 7.72. The first-order valence-electron chi connectivity index (χ1n) is 9.35. The number of carbonyl (C=O) groups excluding carboxylic acids is 1. The van der Waals surface area contributed by atoms with Gasteiger partial charge in [-0.25, -0.2) is 9.98 Å². The van der Waals surface area contributed by atoms with E-state index in [1.54, 1.807) is 6.20 Å². The summed E-state index contributed by atoms with van der Waals surface area (Å²) >= 11 is 0. The van der Waals surface area contributed by atoms with Gasteiger partial charge in [-0.05, 0) is 46.6 Å². The van der Waals surface area contributed by atoms with Crippen LogP contribution in [-0.4, -0.2) is 42.0 Å². The van der Waals surface area contributed by atoms with Gasteiger partial charge in [-0.15, -0.1) is 24.0 Å². The molecule has 0 spiro atoms. The summed E-state index contributed by atoms with van der Waals surface area (Å²) in [7, 11) is 0. The van der Waals surface area contributed by atoms with Crippen molar-refractivity contribution in [3.63, 3.8) is 0 Å². The Morgan fingerprint density at radius 1 is 1.37 bits per heavy atom. The number of aromatic nitrogens is 1. The van der Waals surface area contributed by atoms with Gasteiger partial charge in [-0.1, -0.05) is 6.07 Å². The van der Waals surface area contributed by atoms with E-state index >= 15 is 0 Å². The number of pyridine rings is 1. The third-order valence-corrected chi connectivity index (χ3v) is 4.31. The molecule has 0 aromatic carbocycles. The van der Waals surface area contributed by atoms with Crippen LogP contribution < -0.4 is 21.3 Å². The Hall–Kier alpha value is -1.58. The van der Waals surface area contributed by atoms with Crippen LogP contribution in [0.25, 0.3) is 0 Å². The van der Waals surface area contributed by atoms with Gasteiger partial charge in [0.05, 0.1) is 6.54 Å². The van der Waals surface area contributed by atoms with E-state index in [-0.39, 0.29) is 41.3 Å².